The first-order valence-corrected chi connectivity index (χ1v) is 12.7. The molecule has 7 nitrogen and oxygen atoms in total. The van der Waals surface area contributed by atoms with Crippen LogP contribution in [0.5, 0.6) is 0 Å². The van der Waals surface area contributed by atoms with Gasteiger partial charge in [-0.1, -0.05) is 48.0 Å². The van der Waals surface area contributed by atoms with Gasteiger partial charge in [0.15, 0.2) is 0 Å². The van der Waals surface area contributed by atoms with Crippen molar-refractivity contribution >= 4 is 29.1 Å². The Kier molecular flexibility index (Phi) is 9.08. The van der Waals surface area contributed by atoms with Gasteiger partial charge in [-0.25, -0.2) is 4.39 Å². The smallest absolute Gasteiger partial charge is 0.243 e. The van der Waals surface area contributed by atoms with E-state index < -0.39 is 17.8 Å². The topological polar surface area (TPSA) is 96.7 Å². The first-order chi connectivity index (χ1) is 18.3. The van der Waals surface area contributed by atoms with E-state index >= 15 is 0 Å². The molecule has 1 unspecified atom stereocenters. The molecule has 4 rings (SSSR count). The summed E-state index contributed by atoms with van der Waals surface area (Å²) in [6.45, 7) is 1.30. The molecule has 1 aliphatic rings. The number of likely N-dealkylation sites (tertiary alicyclic amines) is 1. The van der Waals surface area contributed by atoms with Crippen LogP contribution < -0.4 is 5.32 Å². The SMILES string of the molecule is N#Cc1cccc(-c2ccc(CCN(CC(=O)Nc3ccc(F)c(Cl)c3)C(=O)CN3CCC(O)C3)cc2)c1. The Morgan fingerprint density at radius 2 is 1.92 bits per heavy atom. The Bertz CT molecular complexity index is 1340. The summed E-state index contributed by atoms with van der Waals surface area (Å²) >= 11 is 5.81. The van der Waals surface area contributed by atoms with E-state index in [1.807, 2.05) is 47.4 Å². The molecular weight excluding hydrogens is 507 g/mol. The molecule has 0 spiro atoms. The molecule has 2 N–H and O–H groups in total. The lowest BCUT2D eigenvalue weighted by Crippen LogP contribution is -2.44. The fourth-order valence-electron chi connectivity index (χ4n) is 4.38. The number of hydrogen-bond donors (Lipinski definition) is 2. The van der Waals surface area contributed by atoms with Gasteiger partial charge in [-0.15, -0.1) is 0 Å². The zero-order valence-electron chi connectivity index (χ0n) is 20.7. The number of aliphatic hydroxyl groups excluding tert-OH is 1. The number of amides is 2. The standard InChI is InChI=1S/C29H28ClFN4O3/c30-26-15-24(8-9-27(26)31)33-28(37)18-35(29(38)19-34-12-11-25(36)17-34)13-10-20-4-6-22(7-5-20)23-3-1-2-21(14-23)16-32/h1-9,14-15,25,36H,10-13,17-19H2,(H,33,37). The summed E-state index contributed by atoms with van der Waals surface area (Å²) in [7, 11) is 0. The average Bonchev–Trinajstić information content (AvgIpc) is 3.33. The molecule has 1 aliphatic heterocycles. The zero-order valence-corrected chi connectivity index (χ0v) is 21.5. The highest BCUT2D eigenvalue weighted by atomic mass is 35.5. The predicted molar refractivity (Wildman–Crippen MR) is 144 cm³/mol. The molecule has 1 saturated heterocycles. The van der Waals surface area contributed by atoms with Crippen LogP contribution in [0.15, 0.2) is 66.7 Å². The molecule has 0 aliphatic carbocycles. The third kappa shape index (κ3) is 7.39. The van der Waals surface area contributed by atoms with E-state index in [-0.39, 0.29) is 24.0 Å². The summed E-state index contributed by atoms with van der Waals surface area (Å²) < 4.78 is 13.5. The van der Waals surface area contributed by atoms with Gasteiger partial charge in [0.05, 0.1) is 35.8 Å². The van der Waals surface area contributed by atoms with Crippen molar-refractivity contribution in [2.75, 3.05) is 38.0 Å². The summed E-state index contributed by atoms with van der Waals surface area (Å²) in [4.78, 5) is 29.3. The van der Waals surface area contributed by atoms with Crippen molar-refractivity contribution in [2.45, 2.75) is 18.9 Å². The van der Waals surface area contributed by atoms with E-state index in [0.717, 1.165) is 16.7 Å². The van der Waals surface area contributed by atoms with Crippen LogP contribution in [0.1, 0.15) is 17.5 Å². The third-order valence-corrected chi connectivity index (χ3v) is 6.74. The lowest BCUT2D eigenvalue weighted by atomic mass is 10.0. The fourth-order valence-corrected chi connectivity index (χ4v) is 4.56. The van der Waals surface area contributed by atoms with E-state index in [2.05, 4.69) is 11.4 Å². The molecule has 9 heteroatoms. The molecule has 1 atom stereocenters. The molecule has 3 aromatic carbocycles. The number of rotatable bonds is 9. The maximum atomic E-state index is 13.5. The highest BCUT2D eigenvalue weighted by Crippen LogP contribution is 2.22. The minimum atomic E-state index is -0.585. The second-order valence-corrected chi connectivity index (χ2v) is 9.72. The molecule has 0 bridgehead atoms. The Morgan fingerprint density at radius 1 is 1.13 bits per heavy atom. The van der Waals surface area contributed by atoms with E-state index in [0.29, 0.717) is 43.7 Å². The van der Waals surface area contributed by atoms with Crippen LogP contribution in [-0.4, -0.2) is 65.5 Å². The normalized spacial score (nSPS) is 15.2. The van der Waals surface area contributed by atoms with Gasteiger partial charge in [0.1, 0.15) is 5.82 Å². The number of carbonyl (C=O) groups is 2. The van der Waals surface area contributed by atoms with Crippen molar-refractivity contribution in [3.05, 3.63) is 88.7 Å². The number of nitriles is 1. The Morgan fingerprint density at radius 3 is 2.61 bits per heavy atom. The van der Waals surface area contributed by atoms with Gasteiger partial charge in [-0.3, -0.25) is 14.5 Å². The number of β-amino-alcohol motifs (C(OH)–C–C–N with tert-alkyl or cyclic N) is 1. The zero-order chi connectivity index (χ0) is 27.1. The molecule has 0 aromatic heterocycles. The van der Waals surface area contributed by atoms with Gasteiger partial charge >= 0.3 is 0 Å². The molecule has 2 amide bonds. The maximum Gasteiger partial charge on any atom is 0.243 e. The predicted octanol–water partition coefficient (Wildman–Crippen LogP) is 4.09. The van der Waals surface area contributed by atoms with Gasteiger partial charge in [0.2, 0.25) is 11.8 Å². The average molecular weight is 535 g/mol. The number of nitrogens with one attached hydrogen (secondary N) is 1. The summed E-state index contributed by atoms with van der Waals surface area (Å²) in [5.74, 6) is -1.22. The van der Waals surface area contributed by atoms with Crippen molar-refractivity contribution in [1.82, 2.24) is 9.80 Å². The number of carbonyl (C=O) groups excluding carboxylic acids is 2. The number of anilines is 1. The summed E-state index contributed by atoms with van der Waals surface area (Å²) in [5.41, 5.74) is 3.84. The highest BCUT2D eigenvalue weighted by Gasteiger charge is 2.25. The van der Waals surface area contributed by atoms with Crippen LogP contribution in [0.2, 0.25) is 5.02 Å². The molecule has 196 valence electrons. The third-order valence-electron chi connectivity index (χ3n) is 6.45. The van der Waals surface area contributed by atoms with E-state index in [9.17, 15) is 19.1 Å². The van der Waals surface area contributed by atoms with Crippen molar-refractivity contribution in [1.29, 1.82) is 5.26 Å². The van der Waals surface area contributed by atoms with E-state index in [1.165, 1.54) is 23.1 Å². The second-order valence-electron chi connectivity index (χ2n) is 9.31. The molecular formula is C29H28ClFN4O3. The lowest BCUT2D eigenvalue weighted by molar-refractivity contribution is -0.135. The lowest BCUT2D eigenvalue weighted by Gasteiger charge is -2.25. The fraction of sp³-hybridized carbons (Fsp3) is 0.276. The minimum absolute atomic E-state index is 0.105. The van der Waals surface area contributed by atoms with Gasteiger partial charge in [-0.05, 0) is 59.9 Å². The van der Waals surface area contributed by atoms with Gasteiger partial charge in [-0.2, -0.15) is 5.26 Å². The molecule has 1 heterocycles. The molecule has 3 aromatic rings. The first-order valence-electron chi connectivity index (χ1n) is 12.3. The maximum absolute atomic E-state index is 13.5. The summed E-state index contributed by atoms with van der Waals surface area (Å²) in [5, 5.41) is 21.5. The largest absolute Gasteiger partial charge is 0.392 e. The van der Waals surface area contributed by atoms with Crippen LogP contribution >= 0.6 is 11.6 Å². The van der Waals surface area contributed by atoms with Crippen molar-refractivity contribution in [2.24, 2.45) is 0 Å². The van der Waals surface area contributed by atoms with Crippen LogP contribution in [0.4, 0.5) is 10.1 Å². The summed E-state index contributed by atoms with van der Waals surface area (Å²) in [6, 6.07) is 21.3. The van der Waals surface area contributed by atoms with Gasteiger partial charge in [0, 0.05) is 25.3 Å². The number of hydrogen-bond acceptors (Lipinski definition) is 5. The minimum Gasteiger partial charge on any atom is -0.392 e. The van der Waals surface area contributed by atoms with E-state index in [1.54, 1.807) is 6.07 Å². The Hall–Kier alpha value is -3.77. The quantitative estimate of drug-likeness (QED) is 0.431. The van der Waals surface area contributed by atoms with Crippen molar-refractivity contribution < 1.29 is 19.1 Å². The summed E-state index contributed by atoms with van der Waals surface area (Å²) in [6.07, 6.45) is 0.695. The van der Waals surface area contributed by atoms with Crippen LogP contribution in [0.3, 0.4) is 0 Å². The molecule has 0 radical (unpaired) electrons. The van der Waals surface area contributed by atoms with Crippen molar-refractivity contribution in [3.63, 3.8) is 0 Å². The highest BCUT2D eigenvalue weighted by molar-refractivity contribution is 6.31. The van der Waals surface area contributed by atoms with E-state index in [4.69, 9.17) is 16.9 Å². The first kappa shape index (κ1) is 27.3. The number of halogens is 2. The molecule has 38 heavy (non-hydrogen) atoms. The molecule has 1 fully saturated rings. The van der Waals surface area contributed by atoms with Crippen LogP contribution in [0.25, 0.3) is 11.1 Å². The number of benzene rings is 3. The van der Waals surface area contributed by atoms with Crippen LogP contribution in [-0.2, 0) is 16.0 Å². The van der Waals surface area contributed by atoms with Gasteiger partial charge in [0.25, 0.3) is 0 Å². The monoisotopic (exact) mass is 534 g/mol. The number of nitrogens with zero attached hydrogens (tertiary/aromatic N) is 3. The Balaban J connectivity index is 1.42. The molecule has 0 saturated carbocycles. The second kappa shape index (κ2) is 12.7. The van der Waals surface area contributed by atoms with Crippen molar-refractivity contribution in [3.8, 4) is 17.2 Å². The van der Waals surface area contributed by atoms with Crippen LogP contribution in [0, 0.1) is 17.1 Å². The number of aliphatic hydroxyl groups is 1. The van der Waals surface area contributed by atoms with Gasteiger partial charge < -0.3 is 15.3 Å². The Labute approximate surface area is 226 Å².